The number of aromatic hydroxyl groups is 1. The molecule has 0 saturated heterocycles. The molecular formula is C13H16FNO. The van der Waals surface area contributed by atoms with Gasteiger partial charge in [0.2, 0.25) is 0 Å². The van der Waals surface area contributed by atoms with E-state index in [9.17, 15) is 4.39 Å². The summed E-state index contributed by atoms with van der Waals surface area (Å²) in [6.45, 7) is 0.649. The molecule has 1 aromatic carbocycles. The first-order chi connectivity index (χ1) is 7.75. The first-order valence-electron chi connectivity index (χ1n) is 5.61. The lowest BCUT2D eigenvalue weighted by Gasteiger charge is -2.19. The highest BCUT2D eigenvalue weighted by molar-refractivity contribution is 5.27. The number of hydrogen-bond acceptors (Lipinski definition) is 2. The molecule has 0 aromatic heterocycles. The van der Waals surface area contributed by atoms with E-state index in [2.05, 4.69) is 17.5 Å². The van der Waals surface area contributed by atoms with Crippen LogP contribution in [0.15, 0.2) is 30.4 Å². The second-order valence-electron chi connectivity index (χ2n) is 4.15. The average molecular weight is 221 g/mol. The molecule has 1 atom stereocenters. The molecule has 16 heavy (non-hydrogen) atoms. The minimum absolute atomic E-state index is 0.288. The molecule has 3 heteroatoms. The maximum absolute atomic E-state index is 13.1. The van der Waals surface area contributed by atoms with E-state index >= 15 is 0 Å². The lowest BCUT2D eigenvalue weighted by Crippen LogP contribution is -2.29. The monoisotopic (exact) mass is 221 g/mol. The van der Waals surface area contributed by atoms with Crippen molar-refractivity contribution in [2.24, 2.45) is 0 Å². The molecule has 1 aliphatic carbocycles. The van der Waals surface area contributed by atoms with Gasteiger partial charge in [0.05, 0.1) is 0 Å². The first-order valence-corrected chi connectivity index (χ1v) is 5.61. The summed E-state index contributed by atoms with van der Waals surface area (Å²) in [5.41, 5.74) is 0.866. The second kappa shape index (κ2) is 5.12. The summed E-state index contributed by atoms with van der Waals surface area (Å²) in [4.78, 5) is 0. The molecule has 0 saturated carbocycles. The Morgan fingerprint density at radius 1 is 1.38 bits per heavy atom. The third-order valence-electron chi connectivity index (χ3n) is 2.88. The van der Waals surface area contributed by atoms with Crippen molar-refractivity contribution in [3.05, 3.63) is 41.7 Å². The Morgan fingerprint density at radius 2 is 2.25 bits per heavy atom. The standard InChI is InChI=1S/C13H16FNO/c14-12-8-10(6-7-13(12)16)9-15-11-4-2-1-3-5-11/h1-2,6-8,11,15-16H,3-5,9H2. The SMILES string of the molecule is Oc1ccc(CNC2CC=CCC2)cc1F. The number of phenols is 1. The van der Waals surface area contributed by atoms with Gasteiger partial charge < -0.3 is 10.4 Å². The number of halogens is 1. The molecule has 0 aliphatic heterocycles. The zero-order valence-electron chi connectivity index (χ0n) is 9.12. The zero-order valence-corrected chi connectivity index (χ0v) is 9.12. The number of phenolic OH excluding ortho intramolecular Hbond substituents is 1. The van der Waals surface area contributed by atoms with Crippen molar-refractivity contribution in [3.63, 3.8) is 0 Å². The molecule has 0 spiro atoms. The molecule has 0 heterocycles. The Balaban J connectivity index is 1.89. The fraction of sp³-hybridized carbons (Fsp3) is 0.385. The Morgan fingerprint density at radius 3 is 2.94 bits per heavy atom. The van der Waals surface area contributed by atoms with Crippen molar-refractivity contribution in [1.82, 2.24) is 5.32 Å². The van der Waals surface area contributed by atoms with E-state index in [4.69, 9.17) is 5.11 Å². The quantitative estimate of drug-likeness (QED) is 0.769. The number of allylic oxidation sites excluding steroid dienone is 1. The Bertz CT molecular complexity index is 390. The van der Waals surface area contributed by atoms with Gasteiger partial charge >= 0.3 is 0 Å². The van der Waals surface area contributed by atoms with Crippen molar-refractivity contribution in [3.8, 4) is 5.75 Å². The largest absolute Gasteiger partial charge is 0.505 e. The van der Waals surface area contributed by atoms with Crippen LogP contribution in [0.2, 0.25) is 0 Å². The molecule has 0 fully saturated rings. The van der Waals surface area contributed by atoms with E-state index in [0.29, 0.717) is 12.6 Å². The minimum atomic E-state index is -0.553. The summed E-state index contributed by atoms with van der Waals surface area (Å²) in [5.74, 6) is -0.841. The van der Waals surface area contributed by atoms with Gasteiger partial charge in [-0.2, -0.15) is 0 Å². The van der Waals surface area contributed by atoms with Gasteiger partial charge in [-0.1, -0.05) is 18.2 Å². The van der Waals surface area contributed by atoms with E-state index in [1.54, 1.807) is 6.07 Å². The van der Waals surface area contributed by atoms with E-state index < -0.39 is 5.82 Å². The maximum Gasteiger partial charge on any atom is 0.165 e. The summed E-state index contributed by atoms with van der Waals surface area (Å²) >= 11 is 0. The fourth-order valence-corrected chi connectivity index (χ4v) is 1.90. The molecular weight excluding hydrogens is 205 g/mol. The molecule has 0 radical (unpaired) electrons. The Kier molecular flexibility index (Phi) is 3.57. The highest BCUT2D eigenvalue weighted by Gasteiger charge is 2.09. The van der Waals surface area contributed by atoms with E-state index in [1.165, 1.54) is 12.1 Å². The Labute approximate surface area is 94.8 Å². The summed E-state index contributed by atoms with van der Waals surface area (Å²) in [7, 11) is 0. The third kappa shape index (κ3) is 2.83. The van der Waals surface area contributed by atoms with Gasteiger partial charge in [0.1, 0.15) is 0 Å². The average Bonchev–Trinajstić information content (AvgIpc) is 2.32. The van der Waals surface area contributed by atoms with Crippen molar-refractivity contribution < 1.29 is 9.50 Å². The van der Waals surface area contributed by atoms with Gasteiger partial charge in [-0.25, -0.2) is 4.39 Å². The van der Waals surface area contributed by atoms with Crippen LogP contribution in [0, 0.1) is 5.82 Å². The first kappa shape index (κ1) is 11.1. The van der Waals surface area contributed by atoms with Crippen molar-refractivity contribution in [2.45, 2.75) is 31.8 Å². The van der Waals surface area contributed by atoms with Crippen LogP contribution in [-0.2, 0) is 6.54 Å². The van der Waals surface area contributed by atoms with Crippen LogP contribution in [0.5, 0.6) is 5.75 Å². The van der Waals surface area contributed by atoms with Crippen LogP contribution >= 0.6 is 0 Å². The number of nitrogens with one attached hydrogen (secondary N) is 1. The normalized spacial score (nSPS) is 19.9. The highest BCUT2D eigenvalue weighted by Crippen LogP contribution is 2.17. The molecule has 2 rings (SSSR count). The maximum atomic E-state index is 13.1. The third-order valence-corrected chi connectivity index (χ3v) is 2.88. The fourth-order valence-electron chi connectivity index (χ4n) is 1.90. The van der Waals surface area contributed by atoms with Crippen LogP contribution < -0.4 is 5.32 Å². The number of rotatable bonds is 3. The zero-order chi connectivity index (χ0) is 11.4. The van der Waals surface area contributed by atoms with E-state index in [-0.39, 0.29) is 5.75 Å². The predicted octanol–water partition coefficient (Wildman–Crippen LogP) is 2.73. The minimum Gasteiger partial charge on any atom is -0.505 e. The lowest BCUT2D eigenvalue weighted by molar-refractivity contribution is 0.430. The molecule has 1 unspecified atom stereocenters. The van der Waals surface area contributed by atoms with E-state index in [1.807, 2.05) is 0 Å². The molecule has 0 amide bonds. The molecule has 1 aromatic rings. The van der Waals surface area contributed by atoms with Gasteiger partial charge in [-0.3, -0.25) is 0 Å². The summed E-state index contributed by atoms with van der Waals surface area (Å²) < 4.78 is 13.1. The van der Waals surface area contributed by atoms with Crippen LogP contribution in [-0.4, -0.2) is 11.1 Å². The lowest BCUT2D eigenvalue weighted by atomic mass is 10.0. The molecule has 1 aliphatic rings. The molecule has 86 valence electrons. The van der Waals surface area contributed by atoms with Crippen LogP contribution in [0.4, 0.5) is 4.39 Å². The molecule has 2 N–H and O–H groups in total. The molecule has 0 bridgehead atoms. The van der Waals surface area contributed by atoms with Gasteiger partial charge in [0.25, 0.3) is 0 Å². The van der Waals surface area contributed by atoms with Gasteiger partial charge in [0.15, 0.2) is 11.6 Å². The topological polar surface area (TPSA) is 32.3 Å². The number of hydrogen-bond donors (Lipinski definition) is 2. The smallest absolute Gasteiger partial charge is 0.165 e. The second-order valence-corrected chi connectivity index (χ2v) is 4.15. The van der Waals surface area contributed by atoms with Crippen molar-refractivity contribution in [2.75, 3.05) is 0 Å². The van der Waals surface area contributed by atoms with Crippen molar-refractivity contribution >= 4 is 0 Å². The van der Waals surface area contributed by atoms with E-state index in [0.717, 1.165) is 24.8 Å². The van der Waals surface area contributed by atoms with Crippen LogP contribution in [0.3, 0.4) is 0 Å². The van der Waals surface area contributed by atoms with Crippen LogP contribution in [0.1, 0.15) is 24.8 Å². The van der Waals surface area contributed by atoms with Crippen LogP contribution in [0.25, 0.3) is 0 Å². The predicted molar refractivity (Wildman–Crippen MR) is 61.7 cm³/mol. The van der Waals surface area contributed by atoms with Crippen molar-refractivity contribution in [1.29, 1.82) is 0 Å². The Hall–Kier alpha value is -1.35. The molecule has 2 nitrogen and oxygen atoms in total. The summed E-state index contributed by atoms with van der Waals surface area (Å²) in [6, 6.07) is 5.00. The van der Waals surface area contributed by atoms with Gasteiger partial charge in [0, 0.05) is 12.6 Å². The van der Waals surface area contributed by atoms with Gasteiger partial charge in [-0.05, 0) is 37.0 Å². The number of benzene rings is 1. The summed E-state index contributed by atoms with van der Waals surface area (Å²) in [6.07, 6.45) is 7.66. The highest BCUT2D eigenvalue weighted by atomic mass is 19.1. The summed E-state index contributed by atoms with van der Waals surface area (Å²) in [5, 5.41) is 12.4. The van der Waals surface area contributed by atoms with Gasteiger partial charge in [-0.15, -0.1) is 0 Å².